The summed E-state index contributed by atoms with van der Waals surface area (Å²) in [5.41, 5.74) is 0.665. The van der Waals surface area contributed by atoms with Crippen LogP contribution in [0.15, 0.2) is 23.4 Å². The van der Waals surface area contributed by atoms with E-state index in [1.54, 1.807) is 11.0 Å². The van der Waals surface area contributed by atoms with Crippen LogP contribution in [0.3, 0.4) is 0 Å². The van der Waals surface area contributed by atoms with Gasteiger partial charge in [0.1, 0.15) is 18.2 Å². The molecule has 3 aliphatic heterocycles. The number of rotatable bonds is 7. The molecule has 0 radical (unpaired) electrons. The van der Waals surface area contributed by atoms with Crippen LogP contribution >= 0.6 is 0 Å². The van der Waals surface area contributed by atoms with Gasteiger partial charge in [0.15, 0.2) is 6.61 Å². The Labute approximate surface area is 170 Å². The lowest BCUT2D eigenvalue weighted by molar-refractivity contribution is -0.121. The van der Waals surface area contributed by atoms with Crippen LogP contribution in [-0.2, 0) is 14.4 Å². The van der Waals surface area contributed by atoms with Gasteiger partial charge in [-0.3, -0.25) is 4.79 Å². The number of carbonyl (C=O) groups excluding carboxylic acids is 1. The lowest BCUT2D eigenvalue weighted by Crippen LogP contribution is -2.41. The Balaban J connectivity index is 1.16. The predicted octanol–water partition coefficient (Wildman–Crippen LogP) is 2.79. The van der Waals surface area contributed by atoms with Gasteiger partial charge in [0, 0.05) is 12.6 Å². The highest BCUT2D eigenvalue weighted by Crippen LogP contribution is 2.32. The number of nitrogens with zero attached hydrogens (tertiary/aromatic N) is 3. The van der Waals surface area contributed by atoms with Crippen LogP contribution in [-0.4, -0.2) is 62.7 Å². The van der Waals surface area contributed by atoms with E-state index in [9.17, 15) is 9.18 Å². The Bertz CT molecular complexity index is 749. The van der Waals surface area contributed by atoms with Gasteiger partial charge in [0.2, 0.25) is 5.90 Å². The quantitative estimate of drug-likeness (QED) is 0.698. The molecule has 0 bridgehead atoms. The Hall–Kier alpha value is -2.35. The summed E-state index contributed by atoms with van der Waals surface area (Å²) in [6.07, 6.45) is 5.07. The normalized spacial score (nSPS) is 20.1. The lowest BCUT2D eigenvalue weighted by Gasteiger charge is -2.33. The summed E-state index contributed by atoms with van der Waals surface area (Å²) in [5, 5.41) is 3.86. The number of amides is 1. The molecule has 0 N–H and O–H groups in total. The fraction of sp³-hybridized carbons (Fsp3) is 0.619. The number of oxime groups is 1. The number of anilines is 1. The number of likely N-dealkylation sites (tertiary alicyclic amines) is 1. The summed E-state index contributed by atoms with van der Waals surface area (Å²) in [6, 6.07) is 4.34. The van der Waals surface area contributed by atoms with Crippen LogP contribution in [0, 0.1) is 11.7 Å². The van der Waals surface area contributed by atoms with Crippen LogP contribution in [0.2, 0.25) is 0 Å². The number of carbonyl (C=O) groups is 1. The zero-order valence-corrected chi connectivity index (χ0v) is 16.6. The van der Waals surface area contributed by atoms with Crippen molar-refractivity contribution in [2.45, 2.75) is 32.1 Å². The van der Waals surface area contributed by atoms with E-state index in [0.29, 0.717) is 37.1 Å². The van der Waals surface area contributed by atoms with Gasteiger partial charge in [0.25, 0.3) is 5.91 Å². The third kappa shape index (κ3) is 5.18. The minimum absolute atomic E-state index is 0.0253. The van der Waals surface area contributed by atoms with Crippen molar-refractivity contribution in [3.63, 3.8) is 0 Å². The summed E-state index contributed by atoms with van der Waals surface area (Å²) in [4.78, 5) is 21.3. The number of benzene rings is 1. The molecule has 8 heteroatoms. The summed E-state index contributed by atoms with van der Waals surface area (Å²) in [6.45, 7) is 5.05. The van der Waals surface area contributed by atoms with Gasteiger partial charge in [-0.1, -0.05) is 5.16 Å². The van der Waals surface area contributed by atoms with Crippen LogP contribution in [0.5, 0.6) is 5.75 Å². The topological polar surface area (TPSA) is 63.6 Å². The molecular formula is C21H28FN3O4. The van der Waals surface area contributed by atoms with Crippen molar-refractivity contribution in [2.75, 3.05) is 50.9 Å². The van der Waals surface area contributed by atoms with E-state index in [1.807, 2.05) is 0 Å². The van der Waals surface area contributed by atoms with E-state index in [2.05, 4.69) is 10.1 Å². The first-order chi connectivity index (χ1) is 14.2. The van der Waals surface area contributed by atoms with E-state index in [1.165, 1.54) is 25.0 Å². The zero-order chi connectivity index (χ0) is 20.1. The Morgan fingerprint density at radius 2 is 2.10 bits per heavy atom. The fourth-order valence-electron chi connectivity index (χ4n) is 4.11. The molecule has 1 aromatic carbocycles. The predicted molar refractivity (Wildman–Crippen MR) is 107 cm³/mol. The highest BCUT2D eigenvalue weighted by atomic mass is 19.1. The minimum Gasteiger partial charge on any atom is -0.481 e. The van der Waals surface area contributed by atoms with Crippen molar-refractivity contribution in [3.05, 3.63) is 24.0 Å². The van der Waals surface area contributed by atoms with Gasteiger partial charge < -0.3 is 24.1 Å². The van der Waals surface area contributed by atoms with Crippen molar-refractivity contribution >= 4 is 17.5 Å². The third-order valence-corrected chi connectivity index (χ3v) is 5.80. The lowest BCUT2D eigenvalue weighted by atomic mass is 9.94. The van der Waals surface area contributed by atoms with Crippen molar-refractivity contribution in [1.82, 2.24) is 4.90 Å². The smallest absolute Gasteiger partial charge is 0.265 e. The second kappa shape index (κ2) is 9.43. The summed E-state index contributed by atoms with van der Waals surface area (Å²) < 4.78 is 24.4. The molecule has 1 amide bonds. The molecular weight excluding hydrogens is 377 g/mol. The van der Waals surface area contributed by atoms with Crippen LogP contribution in [0.1, 0.15) is 32.1 Å². The number of ether oxygens (including phenoxy) is 2. The Morgan fingerprint density at radius 1 is 1.24 bits per heavy atom. The van der Waals surface area contributed by atoms with Crippen LogP contribution in [0.25, 0.3) is 0 Å². The number of fused-ring (bicyclic) bond motifs is 1. The Morgan fingerprint density at radius 3 is 2.90 bits per heavy atom. The third-order valence-electron chi connectivity index (χ3n) is 5.80. The summed E-state index contributed by atoms with van der Waals surface area (Å²) in [5.74, 6) is 1.44. The minimum atomic E-state index is -0.351. The summed E-state index contributed by atoms with van der Waals surface area (Å²) >= 11 is 0. The van der Waals surface area contributed by atoms with Gasteiger partial charge in [-0.25, -0.2) is 4.39 Å². The van der Waals surface area contributed by atoms with Crippen molar-refractivity contribution in [2.24, 2.45) is 11.1 Å². The van der Waals surface area contributed by atoms with Crippen molar-refractivity contribution < 1.29 is 23.5 Å². The molecule has 29 heavy (non-hydrogen) atoms. The number of piperidine rings is 1. The molecule has 0 spiro atoms. The average molecular weight is 405 g/mol. The Kier molecular flexibility index (Phi) is 6.49. The second-order valence-electron chi connectivity index (χ2n) is 7.79. The molecule has 1 aromatic rings. The number of hydrogen-bond acceptors (Lipinski definition) is 6. The van der Waals surface area contributed by atoms with Crippen LogP contribution < -0.4 is 9.64 Å². The average Bonchev–Trinajstić information content (AvgIpc) is 3.24. The van der Waals surface area contributed by atoms with E-state index < -0.39 is 0 Å². The van der Waals surface area contributed by atoms with Gasteiger partial charge in [-0.05, 0) is 63.4 Å². The van der Waals surface area contributed by atoms with E-state index in [0.717, 1.165) is 44.8 Å². The molecule has 0 saturated carbocycles. The van der Waals surface area contributed by atoms with Crippen LogP contribution in [0.4, 0.5) is 10.1 Å². The maximum atomic E-state index is 13.4. The van der Waals surface area contributed by atoms with Gasteiger partial charge in [-0.15, -0.1) is 0 Å². The highest BCUT2D eigenvalue weighted by Gasteiger charge is 2.26. The monoisotopic (exact) mass is 405 g/mol. The van der Waals surface area contributed by atoms with Gasteiger partial charge >= 0.3 is 0 Å². The number of hydrogen-bond donors (Lipinski definition) is 0. The zero-order valence-electron chi connectivity index (χ0n) is 16.6. The molecule has 3 aliphatic rings. The number of halogens is 1. The molecule has 158 valence electrons. The highest BCUT2D eigenvalue weighted by molar-refractivity contribution is 5.97. The SMILES string of the molecule is O=C1COc2cc(F)ccc2N1CCCN1CCC(CCOC2=NOCC2)CC1. The molecule has 7 nitrogen and oxygen atoms in total. The maximum Gasteiger partial charge on any atom is 0.265 e. The first-order valence-corrected chi connectivity index (χ1v) is 10.5. The molecule has 1 saturated heterocycles. The maximum absolute atomic E-state index is 13.4. The van der Waals surface area contributed by atoms with E-state index in [-0.39, 0.29) is 18.3 Å². The largest absolute Gasteiger partial charge is 0.481 e. The standard InChI is InChI=1S/C21H28FN3O4/c22-17-2-3-18-19(14-17)28-15-21(26)25(18)9-1-8-24-10-4-16(5-11-24)6-12-27-20-7-13-29-23-20/h2-3,14,16H,1,4-13,15H2. The van der Waals surface area contributed by atoms with E-state index in [4.69, 9.17) is 14.3 Å². The molecule has 0 unspecified atom stereocenters. The molecule has 3 heterocycles. The van der Waals surface area contributed by atoms with Crippen molar-refractivity contribution in [3.8, 4) is 5.75 Å². The van der Waals surface area contributed by atoms with E-state index >= 15 is 0 Å². The molecule has 1 fully saturated rings. The van der Waals surface area contributed by atoms with Gasteiger partial charge in [-0.2, -0.15) is 0 Å². The fourth-order valence-corrected chi connectivity index (χ4v) is 4.11. The molecule has 4 rings (SSSR count). The molecule has 0 aromatic heterocycles. The van der Waals surface area contributed by atoms with Crippen molar-refractivity contribution in [1.29, 1.82) is 0 Å². The molecule has 0 atom stereocenters. The van der Waals surface area contributed by atoms with Gasteiger partial charge in [0.05, 0.1) is 18.7 Å². The second-order valence-corrected chi connectivity index (χ2v) is 7.79. The summed E-state index contributed by atoms with van der Waals surface area (Å²) in [7, 11) is 0. The molecule has 0 aliphatic carbocycles. The first kappa shape index (κ1) is 19.9. The first-order valence-electron chi connectivity index (χ1n) is 10.5.